The molecule has 1 fully saturated rings. The summed E-state index contributed by atoms with van der Waals surface area (Å²) in [4.78, 5) is 25.1. The average Bonchev–Trinajstić information content (AvgIpc) is 3.25. The van der Waals surface area contributed by atoms with Gasteiger partial charge in [-0.05, 0) is 60.8 Å². The topological polar surface area (TPSA) is 124 Å². The van der Waals surface area contributed by atoms with Gasteiger partial charge in [0.05, 0.1) is 16.3 Å². The normalized spacial score (nSPS) is 15.0. The summed E-state index contributed by atoms with van der Waals surface area (Å²) in [5.41, 5.74) is 2.47. The third kappa shape index (κ3) is 4.02. The Hall–Kier alpha value is -3.69. The number of fused-ring (bicyclic) bond motifs is 1. The van der Waals surface area contributed by atoms with E-state index in [1.165, 1.54) is 30.7 Å². The summed E-state index contributed by atoms with van der Waals surface area (Å²) < 4.78 is 10.5. The van der Waals surface area contributed by atoms with E-state index in [-0.39, 0.29) is 11.6 Å². The second kappa shape index (κ2) is 8.36. The van der Waals surface area contributed by atoms with E-state index in [1.807, 2.05) is 6.07 Å². The summed E-state index contributed by atoms with van der Waals surface area (Å²) >= 11 is 0. The molecule has 1 aromatic heterocycles. The lowest BCUT2D eigenvalue weighted by Gasteiger charge is -2.28. The highest BCUT2D eigenvalue weighted by molar-refractivity contribution is 6.04. The fraction of sp³-hybridized carbons (Fsp3) is 0.350. The second-order valence-corrected chi connectivity index (χ2v) is 7.14. The van der Waals surface area contributed by atoms with E-state index in [0.717, 1.165) is 31.6 Å². The number of hydrogen-bond donors (Lipinski definition) is 1. The SMILES string of the molecule is CC(Oc1ccc([N+](=O)[O-])cc1)C(=O)Nc1ccc(N2CCCCC2)c2nonc12. The van der Waals surface area contributed by atoms with Gasteiger partial charge < -0.3 is 15.0 Å². The number of ether oxygens (including phenoxy) is 1. The van der Waals surface area contributed by atoms with Crippen LogP contribution in [0.4, 0.5) is 17.1 Å². The van der Waals surface area contributed by atoms with Gasteiger partial charge >= 0.3 is 0 Å². The van der Waals surface area contributed by atoms with E-state index in [2.05, 4.69) is 20.5 Å². The van der Waals surface area contributed by atoms with Crippen molar-refractivity contribution in [1.29, 1.82) is 0 Å². The molecule has 0 aliphatic carbocycles. The van der Waals surface area contributed by atoms with Gasteiger partial charge in [0.2, 0.25) is 0 Å². The second-order valence-electron chi connectivity index (χ2n) is 7.14. The molecule has 1 unspecified atom stereocenters. The molecule has 0 saturated carbocycles. The Morgan fingerprint density at radius 1 is 1.13 bits per heavy atom. The zero-order chi connectivity index (χ0) is 21.1. The monoisotopic (exact) mass is 411 g/mol. The molecule has 0 radical (unpaired) electrons. The number of amides is 1. The smallest absolute Gasteiger partial charge is 0.269 e. The molecule has 3 aromatic rings. The summed E-state index contributed by atoms with van der Waals surface area (Å²) in [7, 11) is 0. The van der Waals surface area contributed by atoms with Crippen molar-refractivity contribution >= 4 is 34.0 Å². The van der Waals surface area contributed by atoms with Crippen molar-refractivity contribution in [2.45, 2.75) is 32.3 Å². The van der Waals surface area contributed by atoms with Gasteiger partial charge in [0, 0.05) is 25.2 Å². The van der Waals surface area contributed by atoms with E-state index >= 15 is 0 Å². The fourth-order valence-corrected chi connectivity index (χ4v) is 3.48. The van der Waals surface area contributed by atoms with Crippen molar-refractivity contribution in [1.82, 2.24) is 10.3 Å². The minimum Gasteiger partial charge on any atom is -0.481 e. The van der Waals surface area contributed by atoms with Gasteiger partial charge in [0.1, 0.15) is 5.75 Å². The van der Waals surface area contributed by atoms with Crippen LogP contribution in [0.25, 0.3) is 11.0 Å². The van der Waals surface area contributed by atoms with Crippen molar-refractivity contribution in [2.75, 3.05) is 23.3 Å². The molecule has 156 valence electrons. The van der Waals surface area contributed by atoms with Crippen molar-refractivity contribution in [2.24, 2.45) is 0 Å². The zero-order valence-corrected chi connectivity index (χ0v) is 16.4. The highest BCUT2D eigenvalue weighted by Gasteiger charge is 2.21. The third-order valence-electron chi connectivity index (χ3n) is 5.08. The molecule has 4 rings (SSSR count). The first-order valence-electron chi connectivity index (χ1n) is 9.75. The van der Waals surface area contributed by atoms with Gasteiger partial charge in [-0.15, -0.1) is 0 Å². The van der Waals surface area contributed by atoms with Gasteiger partial charge in [-0.1, -0.05) is 0 Å². The number of nitro groups is 1. The number of carbonyl (C=O) groups excluding carboxylic acids is 1. The maximum absolute atomic E-state index is 12.6. The quantitative estimate of drug-likeness (QED) is 0.483. The zero-order valence-electron chi connectivity index (χ0n) is 16.4. The largest absolute Gasteiger partial charge is 0.481 e. The summed E-state index contributed by atoms with van der Waals surface area (Å²) in [6.07, 6.45) is 2.64. The summed E-state index contributed by atoms with van der Waals surface area (Å²) in [5, 5.41) is 21.5. The average molecular weight is 411 g/mol. The number of nitrogens with zero attached hydrogens (tertiary/aromatic N) is 4. The van der Waals surface area contributed by atoms with Crippen LogP contribution in [0, 0.1) is 10.1 Å². The molecule has 30 heavy (non-hydrogen) atoms. The summed E-state index contributed by atoms with van der Waals surface area (Å²) in [5.74, 6) is -0.0275. The molecular formula is C20H21N5O5. The Bertz CT molecular complexity index is 1060. The number of piperidine rings is 1. The Labute approximate surface area is 171 Å². The number of nitro benzene ring substituents is 1. The van der Waals surface area contributed by atoms with Crippen LogP contribution >= 0.6 is 0 Å². The molecule has 0 spiro atoms. The van der Waals surface area contributed by atoms with Crippen LogP contribution in [0.5, 0.6) is 5.75 Å². The van der Waals surface area contributed by atoms with Gasteiger partial charge in [0.15, 0.2) is 17.1 Å². The fourth-order valence-electron chi connectivity index (χ4n) is 3.48. The summed E-state index contributed by atoms with van der Waals surface area (Å²) in [6.45, 7) is 3.50. The molecule has 2 heterocycles. The van der Waals surface area contributed by atoms with Crippen molar-refractivity contribution in [3.05, 3.63) is 46.5 Å². The Kier molecular flexibility index (Phi) is 5.46. The molecule has 1 amide bonds. The predicted molar refractivity (Wildman–Crippen MR) is 110 cm³/mol. The van der Waals surface area contributed by atoms with Crippen molar-refractivity contribution < 1.29 is 19.1 Å². The van der Waals surface area contributed by atoms with E-state index in [1.54, 1.807) is 13.0 Å². The predicted octanol–water partition coefficient (Wildman–Crippen LogP) is 3.53. The van der Waals surface area contributed by atoms with E-state index in [4.69, 9.17) is 9.37 Å². The number of rotatable bonds is 6. The van der Waals surface area contributed by atoms with Crippen molar-refractivity contribution in [3.63, 3.8) is 0 Å². The lowest BCUT2D eigenvalue weighted by molar-refractivity contribution is -0.384. The number of carbonyl (C=O) groups is 1. The lowest BCUT2D eigenvalue weighted by Crippen LogP contribution is -2.31. The Morgan fingerprint density at radius 2 is 1.83 bits per heavy atom. The van der Waals surface area contributed by atoms with E-state index in [9.17, 15) is 14.9 Å². The Balaban J connectivity index is 1.47. The minimum atomic E-state index is -0.830. The molecule has 1 aliphatic rings. The van der Waals surface area contributed by atoms with Crippen LogP contribution in [0.3, 0.4) is 0 Å². The molecular weight excluding hydrogens is 390 g/mol. The molecule has 0 bridgehead atoms. The molecule has 1 aliphatic heterocycles. The van der Waals surface area contributed by atoms with Crippen LogP contribution in [0.1, 0.15) is 26.2 Å². The molecule has 1 N–H and O–H groups in total. The first-order valence-corrected chi connectivity index (χ1v) is 9.75. The Morgan fingerprint density at radius 3 is 2.53 bits per heavy atom. The standard InChI is InChI=1S/C20H21N5O5/c1-13(29-15-7-5-14(6-8-15)25(27)28)20(26)21-16-9-10-17(19-18(16)22-30-23-19)24-11-3-2-4-12-24/h5-10,13H,2-4,11-12H2,1H3,(H,21,26). The number of non-ortho nitro benzene ring substituents is 1. The van der Waals surface area contributed by atoms with Crippen LogP contribution in [0.15, 0.2) is 41.0 Å². The molecule has 1 saturated heterocycles. The van der Waals surface area contributed by atoms with E-state index < -0.39 is 11.0 Å². The number of hydrogen-bond acceptors (Lipinski definition) is 8. The highest BCUT2D eigenvalue weighted by Crippen LogP contribution is 2.31. The van der Waals surface area contributed by atoms with Gasteiger partial charge in [-0.2, -0.15) is 0 Å². The van der Waals surface area contributed by atoms with Gasteiger partial charge in [-0.25, -0.2) is 4.63 Å². The van der Waals surface area contributed by atoms with Crippen LogP contribution in [-0.4, -0.2) is 40.3 Å². The molecule has 1 atom stereocenters. The highest BCUT2D eigenvalue weighted by atomic mass is 16.6. The molecule has 10 nitrogen and oxygen atoms in total. The number of nitrogens with one attached hydrogen (secondary N) is 1. The number of anilines is 2. The van der Waals surface area contributed by atoms with Crippen molar-refractivity contribution in [3.8, 4) is 5.75 Å². The first kappa shape index (κ1) is 19.6. The maximum atomic E-state index is 12.6. The van der Waals surface area contributed by atoms with Crippen LogP contribution in [-0.2, 0) is 4.79 Å². The van der Waals surface area contributed by atoms with Crippen LogP contribution < -0.4 is 15.0 Å². The van der Waals surface area contributed by atoms with Gasteiger partial charge in [-0.3, -0.25) is 14.9 Å². The number of aromatic nitrogens is 2. The first-order chi connectivity index (χ1) is 14.5. The molecule has 10 heteroatoms. The lowest BCUT2D eigenvalue weighted by atomic mass is 10.1. The third-order valence-corrected chi connectivity index (χ3v) is 5.08. The van der Waals surface area contributed by atoms with Crippen LogP contribution in [0.2, 0.25) is 0 Å². The number of benzene rings is 2. The van der Waals surface area contributed by atoms with Gasteiger partial charge in [0.25, 0.3) is 11.6 Å². The van der Waals surface area contributed by atoms with E-state index in [0.29, 0.717) is 22.5 Å². The summed E-state index contributed by atoms with van der Waals surface area (Å²) in [6, 6.07) is 9.25. The maximum Gasteiger partial charge on any atom is 0.269 e. The molecule has 2 aromatic carbocycles. The minimum absolute atomic E-state index is 0.0471.